The Morgan fingerprint density at radius 1 is 1.00 bits per heavy atom. The van der Waals surface area contributed by atoms with Gasteiger partial charge in [0.25, 0.3) is 0 Å². The summed E-state index contributed by atoms with van der Waals surface area (Å²) in [7, 11) is 0. The first-order valence-corrected chi connectivity index (χ1v) is 11.3. The zero-order valence-corrected chi connectivity index (χ0v) is 18.4. The van der Waals surface area contributed by atoms with Crippen molar-refractivity contribution in [3.8, 4) is 0 Å². The third kappa shape index (κ3) is 5.08. The molecule has 160 valence electrons. The molecule has 0 radical (unpaired) electrons. The molecule has 1 fully saturated rings. The van der Waals surface area contributed by atoms with E-state index in [1.807, 2.05) is 19.1 Å². The fraction of sp³-hybridized carbons (Fsp3) is 0.370. The highest BCUT2D eigenvalue weighted by molar-refractivity contribution is 5.40. The average Bonchev–Trinajstić information content (AvgIpc) is 2.81. The fourth-order valence-corrected chi connectivity index (χ4v) is 4.81. The van der Waals surface area contributed by atoms with Gasteiger partial charge in [-0.15, -0.1) is 0 Å². The zero-order chi connectivity index (χ0) is 21.6. The second-order valence-electron chi connectivity index (χ2n) is 8.69. The van der Waals surface area contributed by atoms with Gasteiger partial charge in [-0.3, -0.25) is 4.98 Å². The van der Waals surface area contributed by atoms with Gasteiger partial charge in [0, 0.05) is 17.8 Å². The first-order chi connectivity index (χ1) is 15.2. The number of benzene rings is 2. The molecule has 4 rings (SSSR count). The average molecular weight is 414 g/mol. The smallest absolute Gasteiger partial charge is 0.118 e. The normalized spacial score (nSPS) is 16.6. The lowest BCUT2D eigenvalue weighted by molar-refractivity contribution is 0.460. The topological polar surface area (TPSA) is 54.4 Å². The van der Waals surface area contributed by atoms with Crippen molar-refractivity contribution in [1.29, 1.82) is 0 Å². The van der Waals surface area contributed by atoms with E-state index in [4.69, 9.17) is 0 Å². The Morgan fingerprint density at radius 3 is 2.42 bits per heavy atom. The van der Waals surface area contributed by atoms with E-state index in [1.54, 1.807) is 6.20 Å². The number of nitrogens with one attached hydrogen (secondary N) is 1. The van der Waals surface area contributed by atoms with Gasteiger partial charge in [-0.05, 0) is 92.1 Å². The molecule has 4 nitrogen and oxygen atoms in total. The van der Waals surface area contributed by atoms with Gasteiger partial charge in [-0.25, -0.2) is 0 Å². The van der Waals surface area contributed by atoms with E-state index in [0.29, 0.717) is 12.3 Å². The highest BCUT2D eigenvalue weighted by Gasteiger charge is 2.24. The minimum atomic E-state index is -0.407. The molecular formula is C27H31N3O. The number of aryl methyl sites for hydroxylation is 2. The summed E-state index contributed by atoms with van der Waals surface area (Å²) in [5.41, 5.74) is 7.01. The predicted molar refractivity (Wildman–Crippen MR) is 126 cm³/mol. The summed E-state index contributed by atoms with van der Waals surface area (Å²) >= 11 is 0. The molecule has 2 unspecified atom stereocenters. The van der Waals surface area contributed by atoms with Crippen LogP contribution < -0.4 is 5.32 Å². The van der Waals surface area contributed by atoms with Crippen molar-refractivity contribution in [3.05, 3.63) is 105 Å². The number of rotatable bonds is 7. The van der Waals surface area contributed by atoms with Gasteiger partial charge in [0.2, 0.25) is 0 Å². The Morgan fingerprint density at radius 2 is 1.74 bits per heavy atom. The summed E-state index contributed by atoms with van der Waals surface area (Å²) in [5, 5.41) is 6.97. The van der Waals surface area contributed by atoms with Gasteiger partial charge in [-0.2, -0.15) is 4.91 Å². The Balaban J connectivity index is 1.66. The van der Waals surface area contributed by atoms with Crippen LogP contribution in [0, 0.1) is 18.8 Å². The van der Waals surface area contributed by atoms with E-state index in [1.165, 1.54) is 35.1 Å². The second kappa shape index (κ2) is 9.97. The van der Waals surface area contributed by atoms with Crippen molar-refractivity contribution in [2.45, 2.75) is 51.0 Å². The lowest BCUT2D eigenvalue weighted by Gasteiger charge is -2.25. The van der Waals surface area contributed by atoms with Crippen molar-refractivity contribution in [2.24, 2.45) is 5.18 Å². The molecule has 1 aliphatic rings. The molecule has 1 aliphatic heterocycles. The van der Waals surface area contributed by atoms with Gasteiger partial charge >= 0.3 is 0 Å². The van der Waals surface area contributed by atoms with Crippen LogP contribution in [-0.2, 0) is 0 Å². The zero-order valence-electron chi connectivity index (χ0n) is 18.4. The van der Waals surface area contributed by atoms with Crippen LogP contribution in [-0.4, -0.2) is 18.1 Å². The summed E-state index contributed by atoms with van der Waals surface area (Å²) in [6, 6.07) is 21.0. The molecule has 3 aromatic rings. The molecular weight excluding hydrogens is 382 g/mol. The van der Waals surface area contributed by atoms with Crippen molar-refractivity contribution in [1.82, 2.24) is 10.3 Å². The predicted octanol–water partition coefficient (Wildman–Crippen LogP) is 6.20. The van der Waals surface area contributed by atoms with Crippen LogP contribution in [0.5, 0.6) is 0 Å². The number of hydrogen-bond acceptors (Lipinski definition) is 4. The third-order valence-electron chi connectivity index (χ3n) is 6.60. The lowest BCUT2D eigenvalue weighted by Crippen LogP contribution is -2.26. The minimum absolute atomic E-state index is 0.111. The molecule has 31 heavy (non-hydrogen) atoms. The summed E-state index contributed by atoms with van der Waals surface area (Å²) in [6.45, 7) is 6.28. The van der Waals surface area contributed by atoms with E-state index < -0.39 is 6.04 Å². The second-order valence-corrected chi connectivity index (χ2v) is 8.69. The van der Waals surface area contributed by atoms with Crippen molar-refractivity contribution in [2.75, 3.05) is 13.1 Å². The van der Waals surface area contributed by atoms with Crippen LogP contribution in [0.2, 0.25) is 0 Å². The van der Waals surface area contributed by atoms with Gasteiger partial charge in [0.1, 0.15) is 6.04 Å². The highest BCUT2D eigenvalue weighted by Crippen LogP contribution is 2.38. The summed E-state index contributed by atoms with van der Waals surface area (Å²) < 4.78 is 0. The SMILES string of the molecule is Cc1cc(C(CC(c2ccc(C3CCNCC3)cc2)c2ccccc2C)N=O)ccn1. The molecule has 0 amide bonds. The van der Waals surface area contributed by atoms with Gasteiger partial charge in [0.15, 0.2) is 0 Å². The number of aromatic nitrogens is 1. The number of nitrogens with zero attached hydrogens (tertiary/aromatic N) is 2. The van der Waals surface area contributed by atoms with E-state index in [2.05, 4.69) is 70.9 Å². The van der Waals surface area contributed by atoms with Crippen LogP contribution >= 0.6 is 0 Å². The molecule has 2 aromatic carbocycles. The maximum Gasteiger partial charge on any atom is 0.118 e. The number of nitroso groups, excluding NO2 is 1. The number of pyridine rings is 1. The van der Waals surface area contributed by atoms with Crippen LogP contribution in [0.3, 0.4) is 0 Å². The monoisotopic (exact) mass is 413 g/mol. The number of hydrogen-bond donors (Lipinski definition) is 1. The summed E-state index contributed by atoms with van der Waals surface area (Å²) in [6.07, 6.45) is 4.79. The molecule has 1 N–H and O–H groups in total. The molecule has 0 spiro atoms. The molecule has 4 heteroatoms. The van der Waals surface area contributed by atoms with Crippen LogP contribution in [0.1, 0.15) is 70.7 Å². The van der Waals surface area contributed by atoms with E-state index in [9.17, 15) is 4.91 Å². The molecule has 0 bridgehead atoms. The molecule has 0 saturated carbocycles. The van der Waals surface area contributed by atoms with E-state index >= 15 is 0 Å². The molecule has 1 aromatic heterocycles. The Bertz CT molecular complexity index is 1010. The van der Waals surface area contributed by atoms with E-state index in [0.717, 1.165) is 24.3 Å². The first-order valence-electron chi connectivity index (χ1n) is 11.3. The fourth-order valence-electron chi connectivity index (χ4n) is 4.81. The van der Waals surface area contributed by atoms with Gasteiger partial charge < -0.3 is 5.32 Å². The van der Waals surface area contributed by atoms with Gasteiger partial charge in [0.05, 0.1) is 0 Å². The lowest BCUT2D eigenvalue weighted by atomic mass is 9.81. The Hall–Kier alpha value is -2.85. The van der Waals surface area contributed by atoms with Crippen LogP contribution in [0.4, 0.5) is 0 Å². The molecule has 0 aliphatic carbocycles. The standard InChI is InChI=1S/C27H31N3O/c1-19-5-3-4-6-25(19)26(18-27(30-31)24-13-16-29-20(2)17-24)23-9-7-21(8-10-23)22-11-14-28-15-12-22/h3-10,13,16-17,22,26-28H,11-12,14-15,18H2,1-2H3. The van der Waals surface area contributed by atoms with Crippen molar-refractivity contribution < 1.29 is 0 Å². The van der Waals surface area contributed by atoms with Gasteiger partial charge in [-0.1, -0.05) is 53.7 Å². The molecule has 1 saturated heterocycles. The minimum Gasteiger partial charge on any atom is -0.317 e. The van der Waals surface area contributed by atoms with E-state index in [-0.39, 0.29) is 5.92 Å². The van der Waals surface area contributed by atoms with Crippen molar-refractivity contribution >= 4 is 0 Å². The largest absolute Gasteiger partial charge is 0.317 e. The van der Waals surface area contributed by atoms with Crippen LogP contribution in [0.15, 0.2) is 72.0 Å². The van der Waals surface area contributed by atoms with Crippen molar-refractivity contribution in [3.63, 3.8) is 0 Å². The molecule has 2 heterocycles. The quantitative estimate of drug-likeness (QED) is 0.470. The summed E-state index contributed by atoms with van der Waals surface area (Å²) in [5.74, 6) is 0.746. The summed E-state index contributed by atoms with van der Waals surface area (Å²) in [4.78, 5) is 16.2. The molecule has 2 atom stereocenters. The third-order valence-corrected chi connectivity index (χ3v) is 6.60. The van der Waals surface area contributed by atoms with Crippen LogP contribution in [0.25, 0.3) is 0 Å². The highest BCUT2D eigenvalue weighted by atomic mass is 16.3. The maximum atomic E-state index is 11.9. The first kappa shape index (κ1) is 21.4. The Kier molecular flexibility index (Phi) is 6.88. The maximum absolute atomic E-state index is 11.9. The Labute approximate surface area is 185 Å². The number of piperidine rings is 1.